The Hall–Kier alpha value is -1.53. The second-order valence-electron chi connectivity index (χ2n) is 7.50. The van der Waals surface area contributed by atoms with Crippen molar-refractivity contribution in [2.75, 3.05) is 31.9 Å². The number of aromatic nitrogens is 2. The van der Waals surface area contributed by atoms with Crippen LogP contribution in [0.1, 0.15) is 39.5 Å². The number of nitrogens with zero attached hydrogens (tertiary/aromatic N) is 3. The first-order chi connectivity index (χ1) is 13.2. The molecular formula is C21H32N4OS. The monoisotopic (exact) mass is 388 g/mol. The molecule has 5 nitrogen and oxygen atoms in total. The van der Waals surface area contributed by atoms with E-state index in [1.165, 1.54) is 37.7 Å². The molecule has 0 saturated carbocycles. The Kier molecular flexibility index (Phi) is 7.59. The molecule has 0 atom stereocenters. The number of nitrogens with one attached hydrogen (secondary N) is 1. The van der Waals surface area contributed by atoms with Crippen molar-refractivity contribution in [1.29, 1.82) is 0 Å². The van der Waals surface area contributed by atoms with Crippen LogP contribution in [0.15, 0.2) is 29.4 Å². The molecule has 1 aliphatic heterocycles. The van der Waals surface area contributed by atoms with E-state index in [1.54, 1.807) is 0 Å². The van der Waals surface area contributed by atoms with Crippen LogP contribution >= 0.6 is 11.8 Å². The summed E-state index contributed by atoms with van der Waals surface area (Å²) in [5.41, 5.74) is 2.13. The molecule has 0 spiro atoms. The number of amides is 1. The van der Waals surface area contributed by atoms with Crippen molar-refractivity contribution >= 4 is 28.7 Å². The summed E-state index contributed by atoms with van der Waals surface area (Å²) in [4.78, 5) is 19.4. The number of carbonyl (C=O) groups is 1. The Morgan fingerprint density at radius 3 is 2.81 bits per heavy atom. The lowest BCUT2D eigenvalue weighted by Crippen LogP contribution is -2.34. The minimum Gasteiger partial charge on any atom is -0.355 e. The van der Waals surface area contributed by atoms with Gasteiger partial charge in [0.05, 0.1) is 16.8 Å². The van der Waals surface area contributed by atoms with E-state index in [0.29, 0.717) is 5.75 Å². The van der Waals surface area contributed by atoms with Crippen molar-refractivity contribution < 1.29 is 4.79 Å². The molecule has 148 valence electrons. The molecular weight excluding hydrogens is 356 g/mol. The van der Waals surface area contributed by atoms with Gasteiger partial charge in [0, 0.05) is 13.1 Å². The number of thioether (sulfide) groups is 1. The van der Waals surface area contributed by atoms with E-state index in [2.05, 4.69) is 39.7 Å². The summed E-state index contributed by atoms with van der Waals surface area (Å²) in [6.07, 6.45) is 4.87. The molecule has 1 fully saturated rings. The van der Waals surface area contributed by atoms with Gasteiger partial charge in [-0.25, -0.2) is 4.98 Å². The molecule has 1 amide bonds. The van der Waals surface area contributed by atoms with Crippen LogP contribution in [0.4, 0.5) is 0 Å². The lowest BCUT2D eigenvalue weighted by Gasteiger charge is -2.30. The number of unbranched alkanes of at least 4 members (excludes halogenated alkanes) is 1. The molecule has 0 bridgehead atoms. The standard InChI is InChI=1S/C21H32N4OS/c1-3-25-19-9-5-4-8-18(19)23-21(25)27-16-20(26)22-12-6-7-13-24-14-10-17(2)11-15-24/h4-5,8-9,17H,3,6-7,10-16H2,1-2H3,(H,22,26). The SMILES string of the molecule is CCn1c(SCC(=O)NCCCCN2CCC(C)CC2)nc2ccccc21. The molecule has 2 heterocycles. The summed E-state index contributed by atoms with van der Waals surface area (Å²) in [6, 6.07) is 8.14. The van der Waals surface area contributed by atoms with Crippen molar-refractivity contribution in [3.8, 4) is 0 Å². The highest BCUT2D eigenvalue weighted by Gasteiger charge is 2.15. The average molecular weight is 389 g/mol. The predicted octanol–water partition coefficient (Wildman–Crippen LogP) is 3.78. The van der Waals surface area contributed by atoms with Crippen LogP contribution < -0.4 is 5.32 Å². The summed E-state index contributed by atoms with van der Waals surface area (Å²) in [5, 5.41) is 3.98. The molecule has 1 aliphatic rings. The van der Waals surface area contributed by atoms with E-state index >= 15 is 0 Å². The molecule has 27 heavy (non-hydrogen) atoms. The number of imidazole rings is 1. The van der Waals surface area contributed by atoms with Gasteiger partial charge in [0.15, 0.2) is 5.16 Å². The van der Waals surface area contributed by atoms with Gasteiger partial charge >= 0.3 is 0 Å². The molecule has 6 heteroatoms. The van der Waals surface area contributed by atoms with E-state index in [9.17, 15) is 4.79 Å². The quantitative estimate of drug-likeness (QED) is 0.525. The third-order valence-corrected chi connectivity index (χ3v) is 6.34. The first-order valence-corrected chi connectivity index (χ1v) is 11.2. The third-order valence-electron chi connectivity index (χ3n) is 5.37. The van der Waals surface area contributed by atoms with Gasteiger partial charge in [-0.1, -0.05) is 30.8 Å². The fraction of sp³-hybridized carbons (Fsp3) is 0.619. The highest BCUT2D eigenvalue weighted by Crippen LogP contribution is 2.23. The summed E-state index contributed by atoms with van der Waals surface area (Å²) in [6.45, 7) is 9.73. The zero-order valence-electron chi connectivity index (χ0n) is 16.6. The molecule has 1 saturated heterocycles. The number of carbonyl (C=O) groups excluding carboxylic acids is 1. The number of para-hydroxylation sites is 2. The third kappa shape index (κ3) is 5.72. The Balaban J connectivity index is 1.34. The number of likely N-dealkylation sites (tertiary alicyclic amines) is 1. The minimum absolute atomic E-state index is 0.0986. The number of hydrogen-bond donors (Lipinski definition) is 1. The topological polar surface area (TPSA) is 50.2 Å². The smallest absolute Gasteiger partial charge is 0.230 e. The Morgan fingerprint density at radius 2 is 2.04 bits per heavy atom. The number of benzene rings is 1. The normalized spacial score (nSPS) is 16.1. The van der Waals surface area contributed by atoms with Crippen molar-refractivity contribution in [3.63, 3.8) is 0 Å². The largest absolute Gasteiger partial charge is 0.355 e. The molecule has 0 aliphatic carbocycles. The maximum atomic E-state index is 12.2. The fourth-order valence-corrected chi connectivity index (χ4v) is 4.53. The Bertz CT molecular complexity index is 737. The van der Waals surface area contributed by atoms with Gasteiger partial charge in [-0.3, -0.25) is 4.79 Å². The second kappa shape index (κ2) is 10.1. The van der Waals surface area contributed by atoms with Gasteiger partial charge in [0.25, 0.3) is 0 Å². The van der Waals surface area contributed by atoms with Gasteiger partial charge in [-0.15, -0.1) is 0 Å². The summed E-state index contributed by atoms with van der Waals surface area (Å²) < 4.78 is 2.17. The van der Waals surface area contributed by atoms with E-state index < -0.39 is 0 Å². The highest BCUT2D eigenvalue weighted by atomic mass is 32.2. The molecule has 0 radical (unpaired) electrons. The van der Waals surface area contributed by atoms with Gasteiger partial charge in [-0.05, 0) is 70.3 Å². The fourth-order valence-electron chi connectivity index (χ4n) is 3.62. The van der Waals surface area contributed by atoms with Gasteiger partial charge in [0.2, 0.25) is 5.91 Å². The molecule has 3 rings (SSSR count). The first-order valence-electron chi connectivity index (χ1n) is 10.2. The van der Waals surface area contributed by atoms with E-state index in [0.717, 1.165) is 54.6 Å². The van der Waals surface area contributed by atoms with Crippen molar-refractivity contribution in [2.24, 2.45) is 5.92 Å². The lowest BCUT2D eigenvalue weighted by molar-refractivity contribution is -0.118. The average Bonchev–Trinajstić information content (AvgIpc) is 3.05. The van der Waals surface area contributed by atoms with Crippen LogP contribution in [0.25, 0.3) is 11.0 Å². The zero-order chi connectivity index (χ0) is 19.1. The lowest BCUT2D eigenvalue weighted by atomic mass is 9.99. The predicted molar refractivity (Wildman–Crippen MR) is 113 cm³/mol. The van der Waals surface area contributed by atoms with E-state index in [4.69, 9.17) is 0 Å². The Labute approximate surface area is 166 Å². The van der Waals surface area contributed by atoms with Crippen LogP contribution in [-0.2, 0) is 11.3 Å². The van der Waals surface area contributed by atoms with Crippen molar-refractivity contribution in [2.45, 2.75) is 51.2 Å². The summed E-state index contributed by atoms with van der Waals surface area (Å²) in [7, 11) is 0. The van der Waals surface area contributed by atoms with Crippen LogP contribution in [0.5, 0.6) is 0 Å². The maximum Gasteiger partial charge on any atom is 0.230 e. The van der Waals surface area contributed by atoms with Crippen molar-refractivity contribution in [3.05, 3.63) is 24.3 Å². The van der Waals surface area contributed by atoms with Crippen LogP contribution in [0, 0.1) is 5.92 Å². The van der Waals surface area contributed by atoms with Crippen LogP contribution in [0.3, 0.4) is 0 Å². The van der Waals surface area contributed by atoms with E-state index in [1.807, 2.05) is 18.2 Å². The zero-order valence-corrected chi connectivity index (χ0v) is 17.4. The minimum atomic E-state index is 0.0986. The summed E-state index contributed by atoms with van der Waals surface area (Å²) in [5.74, 6) is 1.41. The molecule has 1 N–H and O–H groups in total. The Morgan fingerprint density at radius 1 is 1.26 bits per heavy atom. The second-order valence-corrected chi connectivity index (χ2v) is 8.44. The number of hydrogen-bond acceptors (Lipinski definition) is 4. The molecule has 0 unspecified atom stereocenters. The number of rotatable bonds is 9. The highest BCUT2D eigenvalue weighted by molar-refractivity contribution is 7.99. The van der Waals surface area contributed by atoms with Gasteiger partial charge < -0.3 is 14.8 Å². The van der Waals surface area contributed by atoms with E-state index in [-0.39, 0.29) is 5.91 Å². The first kappa shape index (κ1) is 20.2. The summed E-state index contributed by atoms with van der Waals surface area (Å²) >= 11 is 1.52. The molecule has 2 aromatic rings. The number of fused-ring (bicyclic) bond motifs is 1. The van der Waals surface area contributed by atoms with Gasteiger partial charge in [0.1, 0.15) is 0 Å². The van der Waals surface area contributed by atoms with Crippen LogP contribution in [-0.4, -0.2) is 52.3 Å². The van der Waals surface area contributed by atoms with Crippen LogP contribution in [0.2, 0.25) is 0 Å². The van der Waals surface area contributed by atoms with Gasteiger partial charge in [-0.2, -0.15) is 0 Å². The molecule has 1 aromatic heterocycles. The van der Waals surface area contributed by atoms with Crippen molar-refractivity contribution in [1.82, 2.24) is 19.8 Å². The maximum absolute atomic E-state index is 12.2. The molecule has 1 aromatic carbocycles. The number of aryl methyl sites for hydroxylation is 1. The number of piperidine rings is 1.